The summed E-state index contributed by atoms with van der Waals surface area (Å²) in [5.41, 5.74) is 1.49. The van der Waals surface area contributed by atoms with Crippen molar-refractivity contribution in [2.24, 2.45) is 0 Å². The van der Waals surface area contributed by atoms with Crippen LogP contribution in [-0.4, -0.2) is 33.3 Å². The summed E-state index contributed by atoms with van der Waals surface area (Å²) in [6.07, 6.45) is -0.565. The number of hydrogen-bond acceptors (Lipinski definition) is 5. The molecule has 0 saturated carbocycles. The van der Waals surface area contributed by atoms with E-state index < -0.39 is 22.9 Å². The fourth-order valence-electron chi connectivity index (χ4n) is 2.15. The highest BCUT2D eigenvalue weighted by Gasteiger charge is 2.28. The predicted molar refractivity (Wildman–Crippen MR) is 114 cm³/mol. The van der Waals surface area contributed by atoms with Gasteiger partial charge in [0.25, 0.3) is 0 Å². The molecule has 0 bridgehead atoms. The third-order valence-electron chi connectivity index (χ3n) is 3.64. The van der Waals surface area contributed by atoms with Crippen LogP contribution in [0.5, 0.6) is 0 Å². The number of halogens is 2. The van der Waals surface area contributed by atoms with Crippen LogP contribution in [0, 0.1) is 0 Å². The van der Waals surface area contributed by atoms with Gasteiger partial charge in [-0.25, -0.2) is 9.59 Å². The summed E-state index contributed by atoms with van der Waals surface area (Å²) < 4.78 is 5.16. The summed E-state index contributed by atoms with van der Waals surface area (Å²) >= 11 is 6.41. The number of carbonyl (C=O) groups is 3. The standard InChI is InChI=1S/C20H20Br2N2O5/c21-12-11-17(22)18(25)23-19(26)24(29-14-16-9-5-2-6-10-16)20(27)28-13-15-7-3-1-4-8-15/h1-10,17H,11-14H2,(H,23,25,26). The average molecular weight is 528 g/mol. The van der Waals surface area contributed by atoms with Crippen molar-refractivity contribution in [2.75, 3.05) is 5.33 Å². The predicted octanol–water partition coefficient (Wildman–Crippen LogP) is 4.54. The van der Waals surface area contributed by atoms with Crippen LogP contribution in [0.1, 0.15) is 17.5 Å². The topological polar surface area (TPSA) is 84.9 Å². The molecule has 2 rings (SSSR count). The molecule has 0 aliphatic heterocycles. The number of hydrogen-bond donors (Lipinski definition) is 1. The largest absolute Gasteiger partial charge is 0.443 e. The van der Waals surface area contributed by atoms with Crippen LogP contribution in [0.25, 0.3) is 0 Å². The zero-order valence-electron chi connectivity index (χ0n) is 15.4. The lowest BCUT2D eigenvalue weighted by atomic mass is 10.2. The molecule has 1 atom stereocenters. The van der Waals surface area contributed by atoms with E-state index in [0.717, 1.165) is 11.1 Å². The highest BCUT2D eigenvalue weighted by Crippen LogP contribution is 2.10. The number of hydroxylamine groups is 2. The number of imide groups is 2. The molecule has 0 saturated heterocycles. The van der Waals surface area contributed by atoms with Gasteiger partial charge in [0.15, 0.2) is 0 Å². The molecule has 0 aliphatic rings. The van der Waals surface area contributed by atoms with E-state index in [1.165, 1.54) is 0 Å². The minimum Gasteiger partial charge on any atom is -0.443 e. The van der Waals surface area contributed by atoms with E-state index in [4.69, 9.17) is 9.57 Å². The lowest BCUT2D eigenvalue weighted by molar-refractivity contribution is -0.125. The Labute approximate surface area is 185 Å². The molecule has 1 N–H and O–H groups in total. The van der Waals surface area contributed by atoms with E-state index >= 15 is 0 Å². The Balaban J connectivity index is 2.03. The van der Waals surface area contributed by atoms with E-state index in [9.17, 15) is 14.4 Å². The fourth-order valence-corrected chi connectivity index (χ4v) is 3.56. The number of nitrogens with zero attached hydrogens (tertiary/aromatic N) is 1. The van der Waals surface area contributed by atoms with Crippen molar-refractivity contribution >= 4 is 49.9 Å². The SMILES string of the molecule is O=C(NC(=O)N(OCc1ccccc1)C(=O)OCc1ccccc1)C(Br)CCBr. The van der Waals surface area contributed by atoms with E-state index in [-0.39, 0.29) is 13.2 Å². The molecule has 0 fully saturated rings. The third-order valence-corrected chi connectivity index (χ3v) is 4.97. The van der Waals surface area contributed by atoms with Gasteiger partial charge in [-0.2, -0.15) is 0 Å². The minimum absolute atomic E-state index is 0.0449. The van der Waals surface area contributed by atoms with Crippen LogP contribution < -0.4 is 5.32 Å². The summed E-state index contributed by atoms with van der Waals surface area (Å²) in [6.45, 7) is -0.0984. The molecule has 7 nitrogen and oxygen atoms in total. The van der Waals surface area contributed by atoms with Crippen molar-refractivity contribution in [3.8, 4) is 0 Å². The maximum atomic E-state index is 12.5. The first-order chi connectivity index (χ1) is 14.0. The number of amides is 4. The van der Waals surface area contributed by atoms with Gasteiger partial charge < -0.3 is 4.74 Å². The van der Waals surface area contributed by atoms with Gasteiger partial charge in [0.2, 0.25) is 5.91 Å². The number of ether oxygens (including phenoxy) is 1. The summed E-state index contributed by atoms with van der Waals surface area (Å²) in [4.78, 5) is 41.8. The van der Waals surface area contributed by atoms with Crippen LogP contribution in [-0.2, 0) is 27.6 Å². The summed E-state index contributed by atoms with van der Waals surface area (Å²) in [5.74, 6) is -0.585. The maximum absolute atomic E-state index is 12.5. The number of carbonyl (C=O) groups excluding carboxylic acids is 3. The molecular weight excluding hydrogens is 508 g/mol. The Kier molecular flexibility index (Phi) is 9.82. The van der Waals surface area contributed by atoms with E-state index in [1.807, 2.05) is 12.1 Å². The van der Waals surface area contributed by atoms with Gasteiger partial charge in [-0.15, -0.1) is 0 Å². The second-order valence-corrected chi connectivity index (χ2v) is 7.73. The Morgan fingerprint density at radius 2 is 1.48 bits per heavy atom. The molecule has 154 valence electrons. The Hall–Kier alpha value is -2.23. The molecule has 0 radical (unpaired) electrons. The second kappa shape index (κ2) is 12.4. The number of nitrogens with one attached hydrogen (secondary N) is 1. The van der Waals surface area contributed by atoms with E-state index in [2.05, 4.69) is 37.2 Å². The van der Waals surface area contributed by atoms with Gasteiger partial charge in [-0.3, -0.25) is 14.9 Å². The quantitative estimate of drug-likeness (QED) is 0.402. The van der Waals surface area contributed by atoms with Gasteiger partial charge in [-0.05, 0) is 17.5 Å². The zero-order chi connectivity index (χ0) is 21.1. The third kappa shape index (κ3) is 7.96. The molecule has 4 amide bonds. The van der Waals surface area contributed by atoms with Crippen molar-refractivity contribution in [3.05, 3.63) is 71.8 Å². The van der Waals surface area contributed by atoms with Crippen molar-refractivity contribution in [1.82, 2.24) is 10.4 Å². The first-order valence-corrected chi connectivity index (χ1v) is 10.8. The minimum atomic E-state index is -1.03. The number of rotatable bonds is 8. The first-order valence-electron chi connectivity index (χ1n) is 8.73. The van der Waals surface area contributed by atoms with Gasteiger partial charge in [-0.1, -0.05) is 97.6 Å². The Morgan fingerprint density at radius 1 is 0.931 bits per heavy atom. The van der Waals surface area contributed by atoms with E-state index in [1.54, 1.807) is 48.5 Å². The van der Waals surface area contributed by atoms with Crippen LogP contribution in [0.3, 0.4) is 0 Å². The van der Waals surface area contributed by atoms with Crippen LogP contribution in [0.2, 0.25) is 0 Å². The molecule has 2 aromatic carbocycles. The van der Waals surface area contributed by atoms with Crippen molar-refractivity contribution in [1.29, 1.82) is 0 Å². The molecule has 0 heterocycles. The van der Waals surface area contributed by atoms with Gasteiger partial charge in [0.05, 0.1) is 4.83 Å². The molecule has 0 aliphatic carbocycles. The van der Waals surface area contributed by atoms with E-state index in [0.29, 0.717) is 16.8 Å². The van der Waals surface area contributed by atoms with Crippen molar-refractivity contribution in [2.45, 2.75) is 24.5 Å². The lowest BCUT2D eigenvalue weighted by Crippen LogP contribution is -2.48. The van der Waals surface area contributed by atoms with Gasteiger partial charge in [0.1, 0.15) is 13.2 Å². The molecule has 2 aromatic rings. The highest BCUT2D eigenvalue weighted by atomic mass is 79.9. The molecule has 0 aromatic heterocycles. The number of alkyl halides is 2. The summed E-state index contributed by atoms with van der Waals surface area (Å²) in [6, 6.07) is 17.0. The monoisotopic (exact) mass is 526 g/mol. The molecule has 29 heavy (non-hydrogen) atoms. The van der Waals surface area contributed by atoms with Crippen LogP contribution in [0.4, 0.5) is 9.59 Å². The maximum Gasteiger partial charge on any atom is 0.443 e. The molecule has 1 unspecified atom stereocenters. The molecule has 9 heteroatoms. The van der Waals surface area contributed by atoms with Crippen molar-refractivity contribution in [3.63, 3.8) is 0 Å². The van der Waals surface area contributed by atoms with Gasteiger partial charge >= 0.3 is 12.1 Å². The average Bonchev–Trinajstić information content (AvgIpc) is 2.74. The highest BCUT2D eigenvalue weighted by molar-refractivity contribution is 9.10. The number of benzene rings is 2. The smallest absolute Gasteiger partial charge is 0.443 e. The zero-order valence-corrected chi connectivity index (χ0v) is 18.6. The molecule has 0 spiro atoms. The number of urea groups is 1. The van der Waals surface area contributed by atoms with Crippen LogP contribution >= 0.6 is 31.9 Å². The summed E-state index contributed by atoms with van der Waals surface area (Å²) in [7, 11) is 0. The Morgan fingerprint density at radius 3 is 2.03 bits per heavy atom. The Bertz CT molecular complexity index is 805. The summed E-state index contributed by atoms with van der Waals surface area (Å²) in [5, 5.41) is 3.12. The van der Waals surface area contributed by atoms with Gasteiger partial charge in [0, 0.05) is 5.33 Å². The first kappa shape index (κ1) is 23.1. The van der Waals surface area contributed by atoms with Crippen molar-refractivity contribution < 1.29 is 24.0 Å². The van der Waals surface area contributed by atoms with Crippen LogP contribution in [0.15, 0.2) is 60.7 Å². The molecular formula is C20H20Br2N2O5. The fraction of sp³-hybridized carbons (Fsp3) is 0.250. The normalized spacial score (nSPS) is 11.4. The second-order valence-electron chi connectivity index (χ2n) is 5.83. The lowest BCUT2D eigenvalue weighted by Gasteiger charge is -2.20.